The van der Waals surface area contributed by atoms with Crippen LogP contribution in [-0.4, -0.2) is 38.2 Å². The smallest absolute Gasteiger partial charge is 0.245 e. The number of halogens is 1. The summed E-state index contributed by atoms with van der Waals surface area (Å²) in [5.74, 6) is 3.36. The van der Waals surface area contributed by atoms with Gasteiger partial charge in [0.05, 0.1) is 11.6 Å². The van der Waals surface area contributed by atoms with Crippen LogP contribution >= 0.6 is 11.6 Å². The van der Waals surface area contributed by atoms with E-state index in [1.165, 1.54) is 58.0 Å². The van der Waals surface area contributed by atoms with E-state index < -0.39 is 0 Å². The maximum atomic E-state index is 6.60. The molecule has 2 aromatic carbocycles. The molecule has 248 valence electrons. The Labute approximate surface area is 281 Å². The maximum absolute atomic E-state index is 6.60. The number of fused-ring (bicyclic) bond motifs is 1. The molecule has 1 saturated heterocycles. The van der Waals surface area contributed by atoms with Crippen LogP contribution in [0.3, 0.4) is 0 Å². The van der Waals surface area contributed by atoms with Crippen LogP contribution in [0.2, 0.25) is 5.02 Å². The summed E-state index contributed by atoms with van der Waals surface area (Å²) >= 11 is 6.60. The third-order valence-electron chi connectivity index (χ3n) is 9.97. The summed E-state index contributed by atoms with van der Waals surface area (Å²) in [5.41, 5.74) is 5.08. The highest BCUT2D eigenvalue weighted by atomic mass is 35.5. The number of aromatic nitrogens is 4. The van der Waals surface area contributed by atoms with Crippen molar-refractivity contribution in [3.63, 3.8) is 0 Å². The molecule has 0 amide bonds. The Bertz CT molecular complexity index is 1550. The van der Waals surface area contributed by atoms with Gasteiger partial charge in [-0.1, -0.05) is 108 Å². The molecule has 1 atom stereocenters. The molecular weight excluding hydrogens is 590 g/mol. The minimum Gasteiger partial charge on any atom is -0.470 e. The van der Waals surface area contributed by atoms with Gasteiger partial charge in [0.25, 0.3) is 0 Å². The Morgan fingerprint density at radius 1 is 1.04 bits per heavy atom. The molecule has 3 aliphatic rings. The molecule has 0 bridgehead atoms. The first-order chi connectivity index (χ1) is 22.2. The zero-order chi connectivity index (χ0) is 32.7. The van der Waals surface area contributed by atoms with Crippen LogP contribution in [0.1, 0.15) is 104 Å². The highest BCUT2D eigenvalue weighted by Gasteiger charge is 2.41. The number of imidazole rings is 1. The lowest BCUT2D eigenvalue weighted by molar-refractivity contribution is 0.120. The van der Waals surface area contributed by atoms with Crippen molar-refractivity contribution >= 4 is 22.8 Å². The highest BCUT2D eigenvalue weighted by molar-refractivity contribution is 6.33. The summed E-state index contributed by atoms with van der Waals surface area (Å²) in [7, 11) is 0. The summed E-state index contributed by atoms with van der Waals surface area (Å²) in [5, 5.41) is 4.05. The summed E-state index contributed by atoms with van der Waals surface area (Å²) in [4.78, 5) is 13.8. The SMILES string of the molecule is CCC(C)CC1(CC)CNC1.CCCC1CC1.Cc1ccc(-c2nc3c(OC4(C)CC4)ncnc3n2Cc2ccccc2)c(Cl)c1. The minimum atomic E-state index is -0.147. The summed E-state index contributed by atoms with van der Waals surface area (Å²) in [6.07, 6.45) is 13.6. The minimum absolute atomic E-state index is 0.147. The zero-order valence-electron chi connectivity index (χ0n) is 28.9. The van der Waals surface area contributed by atoms with Crippen LogP contribution in [0.25, 0.3) is 22.6 Å². The maximum Gasteiger partial charge on any atom is 0.245 e. The number of rotatable bonds is 11. The Balaban J connectivity index is 0.000000200. The van der Waals surface area contributed by atoms with Crippen molar-refractivity contribution in [1.82, 2.24) is 24.8 Å². The van der Waals surface area contributed by atoms with Crippen molar-refractivity contribution in [2.75, 3.05) is 13.1 Å². The second-order valence-electron chi connectivity index (χ2n) is 14.3. The van der Waals surface area contributed by atoms with Gasteiger partial charge in [0.2, 0.25) is 5.88 Å². The number of hydrogen-bond acceptors (Lipinski definition) is 5. The van der Waals surface area contributed by atoms with Crippen LogP contribution in [0.5, 0.6) is 5.88 Å². The van der Waals surface area contributed by atoms with Crippen molar-refractivity contribution in [2.24, 2.45) is 17.3 Å². The Kier molecular flexibility index (Phi) is 11.4. The van der Waals surface area contributed by atoms with Crippen molar-refractivity contribution in [1.29, 1.82) is 0 Å². The first kappa shape index (κ1) is 34.4. The molecule has 1 unspecified atom stereocenters. The molecule has 7 rings (SSSR count). The normalized spacial score (nSPS) is 18.0. The lowest BCUT2D eigenvalue weighted by Gasteiger charge is -2.43. The van der Waals surface area contributed by atoms with Crippen molar-refractivity contribution in [3.05, 3.63) is 71.0 Å². The summed E-state index contributed by atoms with van der Waals surface area (Å²) in [6.45, 7) is 16.5. The van der Waals surface area contributed by atoms with E-state index in [2.05, 4.69) is 66.6 Å². The van der Waals surface area contributed by atoms with E-state index in [9.17, 15) is 0 Å². The Morgan fingerprint density at radius 2 is 1.78 bits per heavy atom. The monoisotopic (exact) mass is 643 g/mol. The molecule has 0 radical (unpaired) electrons. The number of nitrogens with zero attached hydrogens (tertiary/aromatic N) is 4. The molecule has 4 aromatic rings. The largest absolute Gasteiger partial charge is 0.470 e. The molecule has 2 aliphatic carbocycles. The first-order valence-corrected chi connectivity index (χ1v) is 18.0. The van der Waals surface area contributed by atoms with Gasteiger partial charge in [-0.2, -0.15) is 4.98 Å². The summed E-state index contributed by atoms with van der Waals surface area (Å²) in [6, 6.07) is 16.3. The van der Waals surface area contributed by atoms with Crippen molar-refractivity contribution < 1.29 is 4.74 Å². The molecule has 46 heavy (non-hydrogen) atoms. The second kappa shape index (κ2) is 15.3. The predicted molar refractivity (Wildman–Crippen MR) is 192 cm³/mol. The fraction of sp³-hybridized carbons (Fsp3) is 0.564. The number of benzene rings is 2. The molecule has 7 heteroatoms. The fourth-order valence-electron chi connectivity index (χ4n) is 6.14. The zero-order valence-corrected chi connectivity index (χ0v) is 29.7. The van der Waals surface area contributed by atoms with Crippen molar-refractivity contribution in [2.45, 2.75) is 111 Å². The van der Waals surface area contributed by atoms with Gasteiger partial charge in [-0.15, -0.1) is 0 Å². The molecule has 3 fully saturated rings. The average molecular weight is 644 g/mol. The van der Waals surface area contributed by atoms with E-state index >= 15 is 0 Å². The van der Waals surface area contributed by atoms with Gasteiger partial charge < -0.3 is 14.6 Å². The third kappa shape index (κ3) is 8.89. The van der Waals surface area contributed by atoms with Crippen LogP contribution < -0.4 is 10.1 Å². The van der Waals surface area contributed by atoms with E-state index in [0.29, 0.717) is 28.4 Å². The predicted octanol–water partition coefficient (Wildman–Crippen LogP) is 10.1. The van der Waals surface area contributed by atoms with Gasteiger partial charge in [-0.25, -0.2) is 9.97 Å². The van der Waals surface area contributed by atoms with E-state index in [1.54, 1.807) is 6.33 Å². The van der Waals surface area contributed by atoms with Gasteiger partial charge in [-0.05, 0) is 80.0 Å². The first-order valence-electron chi connectivity index (χ1n) is 17.6. The number of aryl methyl sites for hydroxylation is 1. The molecular formula is C39H54ClN5O. The Morgan fingerprint density at radius 3 is 2.33 bits per heavy atom. The molecule has 1 N–H and O–H groups in total. The topological polar surface area (TPSA) is 64.9 Å². The molecule has 0 spiro atoms. The molecule has 2 saturated carbocycles. The average Bonchev–Trinajstić information content (AvgIpc) is 3.96. The lowest BCUT2D eigenvalue weighted by atomic mass is 9.72. The molecule has 1 aliphatic heterocycles. The van der Waals surface area contributed by atoms with Crippen LogP contribution in [0, 0.1) is 24.2 Å². The van der Waals surface area contributed by atoms with Gasteiger partial charge in [0.1, 0.15) is 17.8 Å². The van der Waals surface area contributed by atoms with E-state index in [4.69, 9.17) is 21.3 Å². The van der Waals surface area contributed by atoms with Gasteiger partial charge in [0, 0.05) is 18.7 Å². The van der Waals surface area contributed by atoms with Crippen LogP contribution in [0.15, 0.2) is 54.9 Å². The van der Waals surface area contributed by atoms with Gasteiger partial charge >= 0.3 is 0 Å². The molecule has 6 nitrogen and oxygen atoms in total. The van der Waals surface area contributed by atoms with Crippen molar-refractivity contribution in [3.8, 4) is 17.3 Å². The second-order valence-corrected chi connectivity index (χ2v) is 14.7. The van der Waals surface area contributed by atoms with Gasteiger partial charge in [0.15, 0.2) is 11.2 Å². The van der Waals surface area contributed by atoms with Crippen LogP contribution in [-0.2, 0) is 6.54 Å². The van der Waals surface area contributed by atoms with E-state index in [-0.39, 0.29) is 5.60 Å². The highest BCUT2D eigenvalue weighted by Crippen LogP contribution is 2.41. The quantitative estimate of drug-likeness (QED) is 0.176. The third-order valence-corrected chi connectivity index (χ3v) is 10.3. The molecule has 2 aromatic heterocycles. The number of hydrogen-bond donors (Lipinski definition) is 1. The Hall–Kier alpha value is -2.96. The van der Waals surface area contributed by atoms with Crippen LogP contribution in [0.4, 0.5) is 0 Å². The standard InChI is InChI=1S/C23H21ClN4O.C10H21N.C6H12/c1-15-8-9-17(18(24)12-15)20-27-19-21(28(20)13-16-6-4-3-5-7-16)25-14-26-22(19)29-23(2)10-11-23;1-4-9(3)6-10(5-2)7-11-8-10;1-2-3-6-4-5-6/h3-9,12,14H,10-11,13H2,1-2H3;9,11H,4-8H2,1-3H3;6H,2-5H2,1H3. The lowest BCUT2D eigenvalue weighted by Crippen LogP contribution is -2.53. The van der Waals surface area contributed by atoms with Gasteiger partial charge in [-0.3, -0.25) is 0 Å². The van der Waals surface area contributed by atoms with E-state index in [1.807, 2.05) is 43.3 Å². The number of ether oxygens (including phenoxy) is 1. The summed E-state index contributed by atoms with van der Waals surface area (Å²) < 4.78 is 8.26. The van der Waals surface area contributed by atoms with E-state index in [0.717, 1.165) is 52.8 Å². The fourth-order valence-corrected chi connectivity index (χ4v) is 6.46. The number of nitrogens with one attached hydrogen (secondary N) is 1. The molecule has 3 heterocycles.